The number of para-hydroxylation sites is 1. The van der Waals surface area contributed by atoms with Gasteiger partial charge < -0.3 is 10.2 Å². The number of hydrogen-bond donors (Lipinski definition) is 1. The van der Waals surface area contributed by atoms with E-state index in [-0.39, 0.29) is 5.69 Å². The van der Waals surface area contributed by atoms with E-state index in [0.717, 1.165) is 32.0 Å². The lowest BCUT2D eigenvalue weighted by atomic mass is 10.1. The van der Waals surface area contributed by atoms with Gasteiger partial charge in [0.25, 0.3) is 0 Å². The molecule has 3 rings (SSSR count). The van der Waals surface area contributed by atoms with Crippen LogP contribution in [0.3, 0.4) is 0 Å². The summed E-state index contributed by atoms with van der Waals surface area (Å²) in [5, 5.41) is 2.78. The number of nitrogens with one attached hydrogen (secondary N) is 1. The number of alkyl halides is 3. The third kappa shape index (κ3) is 3.96. The van der Waals surface area contributed by atoms with Gasteiger partial charge in [0.15, 0.2) is 0 Å². The van der Waals surface area contributed by atoms with Crippen molar-refractivity contribution in [1.29, 1.82) is 0 Å². The molecule has 0 unspecified atom stereocenters. The van der Waals surface area contributed by atoms with Crippen molar-refractivity contribution in [3.8, 4) is 0 Å². The fraction of sp³-hybridized carbons (Fsp3) is 0.412. The summed E-state index contributed by atoms with van der Waals surface area (Å²) in [6, 6.07) is 6.97. The van der Waals surface area contributed by atoms with E-state index in [0.29, 0.717) is 11.8 Å². The van der Waals surface area contributed by atoms with E-state index in [4.69, 9.17) is 0 Å². The zero-order chi connectivity index (χ0) is 17.0. The number of benzene rings is 1. The first-order chi connectivity index (χ1) is 11.5. The lowest BCUT2D eigenvalue weighted by Gasteiger charge is -2.21. The first kappa shape index (κ1) is 16.5. The molecule has 1 aromatic carbocycles. The van der Waals surface area contributed by atoms with Crippen molar-refractivity contribution in [2.24, 2.45) is 0 Å². The van der Waals surface area contributed by atoms with Gasteiger partial charge >= 0.3 is 6.18 Å². The minimum absolute atomic E-state index is 0.00878. The summed E-state index contributed by atoms with van der Waals surface area (Å²) < 4.78 is 39.3. The standard InChI is InChI=1S/C17H19F3N4/c18-17(19,20)13-7-3-4-8-14(13)22-15-9-10-21-16(23-15)24-11-5-1-2-6-12-24/h3-4,7-10H,1-2,5-6,11-12H2,(H,21,22,23). The van der Waals surface area contributed by atoms with Gasteiger partial charge in [-0.05, 0) is 31.0 Å². The van der Waals surface area contributed by atoms with Gasteiger partial charge in [0.05, 0.1) is 11.3 Å². The first-order valence-electron chi connectivity index (χ1n) is 8.05. The molecule has 2 aromatic rings. The molecule has 24 heavy (non-hydrogen) atoms. The van der Waals surface area contributed by atoms with Gasteiger partial charge in [-0.3, -0.25) is 0 Å². The highest BCUT2D eigenvalue weighted by atomic mass is 19.4. The van der Waals surface area contributed by atoms with E-state index >= 15 is 0 Å². The van der Waals surface area contributed by atoms with Crippen molar-refractivity contribution >= 4 is 17.5 Å². The highest BCUT2D eigenvalue weighted by molar-refractivity contribution is 5.62. The van der Waals surface area contributed by atoms with Crippen LogP contribution in [0, 0.1) is 0 Å². The quantitative estimate of drug-likeness (QED) is 0.888. The summed E-state index contributed by atoms with van der Waals surface area (Å²) in [5.41, 5.74) is -0.717. The summed E-state index contributed by atoms with van der Waals surface area (Å²) in [5.74, 6) is 0.923. The molecule has 1 aliphatic rings. The van der Waals surface area contributed by atoms with E-state index < -0.39 is 11.7 Å². The van der Waals surface area contributed by atoms with E-state index in [1.165, 1.54) is 25.0 Å². The molecule has 1 aliphatic heterocycles. The highest BCUT2D eigenvalue weighted by Gasteiger charge is 2.33. The van der Waals surface area contributed by atoms with Crippen LogP contribution >= 0.6 is 0 Å². The maximum absolute atomic E-state index is 13.1. The number of nitrogens with zero attached hydrogens (tertiary/aromatic N) is 3. The van der Waals surface area contributed by atoms with Crippen LogP contribution in [-0.2, 0) is 6.18 Å². The monoisotopic (exact) mass is 336 g/mol. The summed E-state index contributed by atoms with van der Waals surface area (Å²) in [6.07, 6.45) is 1.70. The lowest BCUT2D eigenvalue weighted by molar-refractivity contribution is -0.136. The maximum atomic E-state index is 13.1. The molecule has 0 atom stereocenters. The Bertz CT molecular complexity index is 680. The van der Waals surface area contributed by atoms with Crippen LogP contribution in [0.25, 0.3) is 0 Å². The summed E-state index contributed by atoms with van der Waals surface area (Å²) in [4.78, 5) is 10.8. The Labute approximate surface area is 138 Å². The van der Waals surface area contributed by atoms with E-state index in [2.05, 4.69) is 20.2 Å². The molecule has 128 valence electrons. The van der Waals surface area contributed by atoms with Crippen molar-refractivity contribution < 1.29 is 13.2 Å². The minimum atomic E-state index is -4.41. The van der Waals surface area contributed by atoms with Crippen molar-refractivity contribution in [3.05, 3.63) is 42.1 Å². The zero-order valence-corrected chi connectivity index (χ0v) is 13.2. The molecular formula is C17H19F3N4. The molecule has 0 bridgehead atoms. The highest BCUT2D eigenvalue weighted by Crippen LogP contribution is 2.35. The largest absolute Gasteiger partial charge is 0.418 e. The molecule has 1 fully saturated rings. The topological polar surface area (TPSA) is 41.1 Å². The lowest BCUT2D eigenvalue weighted by Crippen LogP contribution is -2.26. The Morgan fingerprint density at radius 3 is 2.38 bits per heavy atom. The van der Waals surface area contributed by atoms with E-state index in [1.54, 1.807) is 18.3 Å². The third-order valence-electron chi connectivity index (χ3n) is 4.03. The Morgan fingerprint density at radius 2 is 1.67 bits per heavy atom. The molecule has 4 nitrogen and oxygen atoms in total. The predicted molar refractivity (Wildman–Crippen MR) is 87.4 cm³/mol. The van der Waals surface area contributed by atoms with Crippen molar-refractivity contribution in [2.45, 2.75) is 31.9 Å². The van der Waals surface area contributed by atoms with Gasteiger partial charge in [-0.15, -0.1) is 0 Å². The molecule has 0 spiro atoms. The molecule has 1 aromatic heterocycles. The number of rotatable bonds is 3. The minimum Gasteiger partial charge on any atom is -0.341 e. The van der Waals surface area contributed by atoms with Gasteiger partial charge in [0.1, 0.15) is 5.82 Å². The van der Waals surface area contributed by atoms with Crippen LogP contribution in [0.15, 0.2) is 36.5 Å². The Balaban J connectivity index is 1.83. The molecular weight excluding hydrogens is 317 g/mol. The van der Waals surface area contributed by atoms with Crippen LogP contribution in [-0.4, -0.2) is 23.1 Å². The van der Waals surface area contributed by atoms with E-state index in [9.17, 15) is 13.2 Å². The van der Waals surface area contributed by atoms with E-state index in [1.807, 2.05) is 0 Å². The average Bonchev–Trinajstić information content (AvgIpc) is 2.84. The summed E-state index contributed by atoms with van der Waals surface area (Å²) >= 11 is 0. The fourth-order valence-electron chi connectivity index (χ4n) is 2.82. The zero-order valence-electron chi connectivity index (χ0n) is 13.2. The van der Waals surface area contributed by atoms with Crippen LogP contribution in [0.1, 0.15) is 31.2 Å². The van der Waals surface area contributed by atoms with Crippen LogP contribution in [0.5, 0.6) is 0 Å². The molecule has 1 saturated heterocycles. The number of hydrogen-bond acceptors (Lipinski definition) is 4. The van der Waals surface area contributed by atoms with Crippen molar-refractivity contribution in [1.82, 2.24) is 9.97 Å². The van der Waals surface area contributed by atoms with Gasteiger partial charge in [-0.1, -0.05) is 25.0 Å². The Morgan fingerprint density at radius 1 is 0.958 bits per heavy atom. The Kier molecular flexibility index (Phi) is 4.87. The van der Waals surface area contributed by atoms with Gasteiger partial charge in [0, 0.05) is 19.3 Å². The second-order valence-electron chi connectivity index (χ2n) is 5.81. The predicted octanol–water partition coefficient (Wildman–Crippen LogP) is 4.62. The van der Waals surface area contributed by atoms with Crippen LogP contribution in [0.4, 0.5) is 30.6 Å². The van der Waals surface area contributed by atoms with Gasteiger partial charge in [-0.25, -0.2) is 4.98 Å². The number of aromatic nitrogens is 2. The van der Waals surface area contributed by atoms with Gasteiger partial charge in [-0.2, -0.15) is 18.2 Å². The molecule has 1 N–H and O–H groups in total. The molecule has 0 radical (unpaired) electrons. The van der Waals surface area contributed by atoms with Crippen molar-refractivity contribution in [2.75, 3.05) is 23.3 Å². The normalized spacial score (nSPS) is 15.9. The molecule has 7 heteroatoms. The number of halogens is 3. The summed E-state index contributed by atoms with van der Waals surface area (Å²) in [6.45, 7) is 1.76. The molecule has 0 aliphatic carbocycles. The number of anilines is 3. The Hall–Kier alpha value is -2.31. The SMILES string of the molecule is FC(F)(F)c1ccccc1Nc1ccnc(N2CCCCCC2)n1. The average molecular weight is 336 g/mol. The van der Waals surface area contributed by atoms with Crippen molar-refractivity contribution in [3.63, 3.8) is 0 Å². The third-order valence-corrected chi connectivity index (χ3v) is 4.03. The van der Waals surface area contributed by atoms with Crippen LogP contribution < -0.4 is 10.2 Å². The molecule has 2 heterocycles. The summed E-state index contributed by atoms with van der Waals surface area (Å²) in [7, 11) is 0. The van der Waals surface area contributed by atoms with Crippen LogP contribution in [0.2, 0.25) is 0 Å². The maximum Gasteiger partial charge on any atom is 0.418 e. The first-order valence-corrected chi connectivity index (χ1v) is 8.05. The second-order valence-corrected chi connectivity index (χ2v) is 5.81. The fourth-order valence-corrected chi connectivity index (χ4v) is 2.82. The van der Waals surface area contributed by atoms with Gasteiger partial charge in [0.2, 0.25) is 5.95 Å². The molecule has 0 amide bonds. The second kappa shape index (κ2) is 7.07. The smallest absolute Gasteiger partial charge is 0.341 e. The molecule has 0 saturated carbocycles.